The fourth-order valence-corrected chi connectivity index (χ4v) is 2.20. The number of nitrogens with zero attached hydrogens (tertiary/aromatic N) is 2. The third-order valence-electron chi connectivity index (χ3n) is 2.97. The standard InChI is InChI=1S/C16H10BrFN2O3/c17-11-6-7-12(13(18)8-11)16(21)22-9-14-19-20-15(23-14)10-4-2-1-3-5-10/h1-8H,9H2. The van der Waals surface area contributed by atoms with Crippen molar-refractivity contribution in [3.05, 3.63) is 70.3 Å². The van der Waals surface area contributed by atoms with Gasteiger partial charge in [-0.05, 0) is 30.3 Å². The topological polar surface area (TPSA) is 65.2 Å². The molecule has 0 fully saturated rings. The summed E-state index contributed by atoms with van der Waals surface area (Å²) in [6.07, 6.45) is 0. The van der Waals surface area contributed by atoms with E-state index >= 15 is 0 Å². The molecule has 0 aliphatic rings. The molecular weight excluding hydrogens is 367 g/mol. The zero-order chi connectivity index (χ0) is 16.2. The van der Waals surface area contributed by atoms with Crippen LogP contribution in [0.1, 0.15) is 16.2 Å². The van der Waals surface area contributed by atoms with E-state index in [9.17, 15) is 9.18 Å². The summed E-state index contributed by atoms with van der Waals surface area (Å²) in [5, 5.41) is 7.68. The van der Waals surface area contributed by atoms with Gasteiger partial charge in [-0.1, -0.05) is 34.1 Å². The van der Waals surface area contributed by atoms with Crippen LogP contribution < -0.4 is 0 Å². The van der Waals surface area contributed by atoms with Crippen LogP contribution in [0.3, 0.4) is 0 Å². The van der Waals surface area contributed by atoms with Crippen LogP contribution in [0.25, 0.3) is 11.5 Å². The Morgan fingerprint density at radius 2 is 1.96 bits per heavy atom. The molecule has 0 atom stereocenters. The highest BCUT2D eigenvalue weighted by Gasteiger charge is 2.15. The number of carbonyl (C=O) groups excluding carboxylic acids is 1. The lowest BCUT2D eigenvalue weighted by Gasteiger charge is -2.03. The van der Waals surface area contributed by atoms with Gasteiger partial charge in [-0.2, -0.15) is 0 Å². The molecule has 0 saturated carbocycles. The molecule has 0 amide bonds. The molecule has 23 heavy (non-hydrogen) atoms. The Morgan fingerprint density at radius 1 is 1.17 bits per heavy atom. The molecule has 1 aromatic heterocycles. The number of carbonyl (C=O) groups is 1. The minimum absolute atomic E-state index is 0.134. The first-order valence-corrected chi connectivity index (χ1v) is 7.43. The molecule has 0 spiro atoms. The van der Waals surface area contributed by atoms with Crippen molar-refractivity contribution < 1.29 is 18.3 Å². The van der Waals surface area contributed by atoms with Crippen LogP contribution in [0, 0.1) is 5.82 Å². The average Bonchev–Trinajstić information content (AvgIpc) is 3.02. The van der Waals surface area contributed by atoms with Gasteiger partial charge in [0.1, 0.15) is 5.82 Å². The maximum absolute atomic E-state index is 13.7. The van der Waals surface area contributed by atoms with E-state index < -0.39 is 11.8 Å². The summed E-state index contributed by atoms with van der Waals surface area (Å²) in [4.78, 5) is 11.9. The lowest BCUT2D eigenvalue weighted by molar-refractivity contribution is 0.0433. The van der Waals surface area contributed by atoms with Crippen molar-refractivity contribution in [3.8, 4) is 11.5 Å². The molecule has 2 aromatic carbocycles. The second-order valence-electron chi connectivity index (χ2n) is 4.57. The van der Waals surface area contributed by atoms with Gasteiger partial charge >= 0.3 is 5.97 Å². The van der Waals surface area contributed by atoms with Crippen LogP contribution in [-0.2, 0) is 11.3 Å². The van der Waals surface area contributed by atoms with Crippen molar-refractivity contribution in [2.45, 2.75) is 6.61 Å². The highest BCUT2D eigenvalue weighted by atomic mass is 79.9. The Bertz CT molecular complexity index is 836. The molecule has 0 unspecified atom stereocenters. The lowest BCUT2D eigenvalue weighted by Crippen LogP contribution is -2.07. The fourth-order valence-electron chi connectivity index (χ4n) is 1.87. The number of aromatic nitrogens is 2. The van der Waals surface area contributed by atoms with Crippen molar-refractivity contribution in [2.75, 3.05) is 0 Å². The quantitative estimate of drug-likeness (QED) is 0.644. The first-order valence-electron chi connectivity index (χ1n) is 6.63. The van der Waals surface area contributed by atoms with Gasteiger partial charge < -0.3 is 9.15 Å². The number of hydrogen-bond donors (Lipinski definition) is 0. The molecular formula is C16H10BrFN2O3. The maximum atomic E-state index is 13.7. The second-order valence-corrected chi connectivity index (χ2v) is 5.48. The molecule has 0 radical (unpaired) electrons. The molecule has 5 nitrogen and oxygen atoms in total. The number of hydrogen-bond acceptors (Lipinski definition) is 5. The summed E-state index contributed by atoms with van der Waals surface area (Å²) in [5.41, 5.74) is 0.604. The molecule has 0 saturated heterocycles. The molecule has 0 N–H and O–H groups in total. The predicted molar refractivity (Wildman–Crippen MR) is 83.0 cm³/mol. The number of halogens is 2. The van der Waals surface area contributed by atoms with Gasteiger partial charge in [0, 0.05) is 10.0 Å². The van der Waals surface area contributed by atoms with Crippen molar-refractivity contribution in [3.63, 3.8) is 0 Å². The smallest absolute Gasteiger partial charge is 0.341 e. The fraction of sp³-hybridized carbons (Fsp3) is 0.0625. The van der Waals surface area contributed by atoms with Crippen LogP contribution in [0.4, 0.5) is 4.39 Å². The van der Waals surface area contributed by atoms with Gasteiger partial charge in [-0.15, -0.1) is 10.2 Å². The Labute approximate surface area is 139 Å². The van der Waals surface area contributed by atoms with Crippen LogP contribution in [0.15, 0.2) is 57.4 Å². The molecule has 116 valence electrons. The van der Waals surface area contributed by atoms with E-state index in [1.54, 1.807) is 6.07 Å². The highest BCUT2D eigenvalue weighted by molar-refractivity contribution is 9.10. The molecule has 3 rings (SSSR count). The third-order valence-corrected chi connectivity index (χ3v) is 3.46. The Kier molecular flexibility index (Phi) is 4.47. The summed E-state index contributed by atoms with van der Waals surface area (Å²) in [7, 11) is 0. The zero-order valence-corrected chi connectivity index (χ0v) is 13.3. The van der Waals surface area contributed by atoms with Crippen molar-refractivity contribution in [2.24, 2.45) is 0 Å². The first-order chi connectivity index (χ1) is 11.1. The van der Waals surface area contributed by atoms with Crippen LogP contribution in [0.5, 0.6) is 0 Å². The van der Waals surface area contributed by atoms with E-state index in [1.165, 1.54) is 12.1 Å². The SMILES string of the molecule is O=C(OCc1nnc(-c2ccccc2)o1)c1ccc(Br)cc1F. The first kappa shape index (κ1) is 15.4. The van der Waals surface area contributed by atoms with Gasteiger partial charge in [0.15, 0.2) is 6.61 Å². The van der Waals surface area contributed by atoms with Crippen LogP contribution in [0.2, 0.25) is 0 Å². The minimum Gasteiger partial charge on any atom is -0.452 e. The molecule has 0 bridgehead atoms. The maximum Gasteiger partial charge on any atom is 0.341 e. The number of ether oxygens (including phenoxy) is 1. The van der Waals surface area contributed by atoms with Crippen molar-refractivity contribution in [1.82, 2.24) is 10.2 Å². The van der Waals surface area contributed by atoms with Crippen molar-refractivity contribution >= 4 is 21.9 Å². The number of rotatable bonds is 4. The van der Waals surface area contributed by atoms with Gasteiger partial charge in [0.25, 0.3) is 5.89 Å². The number of benzene rings is 2. The van der Waals surface area contributed by atoms with Crippen molar-refractivity contribution in [1.29, 1.82) is 0 Å². The second kappa shape index (κ2) is 6.70. The Balaban J connectivity index is 1.67. The summed E-state index contributed by atoms with van der Waals surface area (Å²) < 4.78 is 24.6. The van der Waals surface area contributed by atoms with E-state index in [4.69, 9.17) is 9.15 Å². The Hall–Kier alpha value is -2.54. The minimum atomic E-state index is -0.797. The normalized spacial score (nSPS) is 10.5. The van der Waals surface area contributed by atoms with Crippen LogP contribution >= 0.6 is 15.9 Å². The van der Waals surface area contributed by atoms with Gasteiger partial charge in [-0.3, -0.25) is 0 Å². The van der Waals surface area contributed by atoms with E-state index in [2.05, 4.69) is 26.1 Å². The van der Waals surface area contributed by atoms with E-state index in [-0.39, 0.29) is 18.1 Å². The zero-order valence-electron chi connectivity index (χ0n) is 11.7. The summed E-state index contributed by atoms with van der Waals surface area (Å²) in [6.45, 7) is -0.228. The van der Waals surface area contributed by atoms with Gasteiger partial charge in [0.2, 0.25) is 5.89 Å². The highest BCUT2D eigenvalue weighted by Crippen LogP contribution is 2.19. The summed E-state index contributed by atoms with van der Waals surface area (Å²) in [6, 6.07) is 13.3. The monoisotopic (exact) mass is 376 g/mol. The van der Waals surface area contributed by atoms with Gasteiger partial charge in [0.05, 0.1) is 5.56 Å². The summed E-state index contributed by atoms with van der Waals surface area (Å²) >= 11 is 3.12. The largest absolute Gasteiger partial charge is 0.452 e. The predicted octanol–water partition coefficient (Wildman–Crippen LogP) is 4.00. The molecule has 3 aromatic rings. The van der Waals surface area contributed by atoms with E-state index in [0.29, 0.717) is 10.4 Å². The Morgan fingerprint density at radius 3 is 2.70 bits per heavy atom. The average molecular weight is 377 g/mol. The molecule has 0 aliphatic carbocycles. The van der Waals surface area contributed by atoms with Crippen LogP contribution in [-0.4, -0.2) is 16.2 Å². The van der Waals surface area contributed by atoms with E-state index in [0.717, 1.165) is 5.56 Å². The molecule has 7 heteroatoms. The number of esters is 1. The van der Waals surface area contributed by atoms with Gasteiger partial charge in [-0.25, -0.2) is 9.18 Å². The lowest BCUT2D eigenvalue weighted by atomic mass is 10.2. The third kappa shape index (κ3) is 3.62. The molecule has 0 aliphatic heterocycles. The van der Waals surface area contributed by atoms with E-state index in [1.807, 2.05) is 30.3 Å². The molecule has 1 heterocycles. The summed E-state index contributed by atoms with van der Waals surface area (Å²) in [5.74, 6) is -1.00.